The van der Waals surface area contributed by atoms with Crippen molar-refractivity contribution in [2.45, 2.75) is 53.6 Å². The van der Waals surface area contributed by atoms with Gasteiger partial charge < -0.3 is 14.6 Å². The molecular formula is C24H28N4O4. The lowest BCUT2D eigenvalue weighted by Crippen LogP contribution is -2.24. The van der Waals surface area contributed by atoms with Crippen molar-refractivity contribution >= 4 is 17.6 Å². The molecule has 0 saturated heterocycles. The molecule has 0 radical (unpaired) electrons. The third-order valence-corrected chi connectivity index (χ3v) is 4.18. The number of carbonyl (C=O) groups excluding carboxylic acids is 2. The van der Waals surface area contributed by atoms with Gasteiger partial charge in [0, 0.05) is 29.4 Å². The smallest absolute Gasteiger partial charge is 0.357 e. The van der Waals surface area contributed by atoms with Crippen molar-refractivity contribution in [3.63, 3.8) is 0 Å². The maximum atomic E-state index is 12.6. The van der Waals surface area contributed by atoms with Crippen LogP contribution in [0.3, 0.4) is 0 Å². The van der Waals surface area contributed by atoms with Crippen molar-refractivity contribution in [1.29, 1.82) is 0 Å². The summed E-state index contributed by atoms with van der Waals surface area (Å²) in [7, 11) is 0. The van der Waals surface area contributed by atoms with Gasteiger partial charge in [0.05, 0.1) is 0 Å². The zero-order valence-corrected chi connectivity index (χ0v) is 19.2. The van der Waals surface area contributed by atoms with Crippen molar-refractivity contribution in [3.8, 4) is 11.4 Å². The van der Waals surface area contributed by atoms with Gasteiger partial charge >= 0.3 is 5.97 Å². The molecule has 0 aliphatic heterocycles. The van der Waals surface area contributed by atoms with Gasteiger partial charge in [-0.25, -0.2) is 9.78 Å². The molecule has 2 aromatic heterocycles. The first-order valence-electron chi connectivity index (χ1n) is 10.3. The van der Waals surface area contributed by atoms with Crippen LogP contribution in [0.2, 0.25) is 0 Å². The molecule has 0 saturated carbocycles. The second kappa shape index (κ2) is 8.90. The summed E-state index contributed by atoms with van der Waals surface area (Å²) >= 11 is 0. The van der Waals surface area contributed by atoms with Gasteiger partial charge in [0.25, 0.3) is 5.91 Å². The molecule has 3 rings (SSSR count). The van der Waals surface area contributed by atoms with Gasteiger partial charge in [0.1, 0.15) is 11.3 Å². The van der Waals surface area contributed by atoms with Crippen LogP contribution in [0.1, 0.15) is 68.3 Å². The minimum absolute atomic E-state index is 0.0437. The molecule has 168 valence electrons. The van der Waals surface area contributed by atoms with E-state index < -0.39 is 11.6 Å². The molecule has 1 N–H and O–H groups in total. The Balaban J connectivity index is 1.68. The quantitative estimate of drug-likeness (QED) is 0.565. The van der Waals surface area contributed by atoms with E-state index in [0.29, 0.717) is 29.4 Å². The average molecular weight is 437 g/mol. The van der Waals surface area contributed by atoms with Crippen molar-refractivity contribution in [2.24, 2.45) is 5.41 Å². The molecule has 0 aliphatic rings. The van der Waals surface area contributed by atoms with Crippen LogP contribution in [0.4, 0.5) is 5.69 Å². The van der Waals surface area contributed by atoms with Crippen LogP contribution in [-0.4, -0.2) is 32.6 Å². The molecule has 1 aromatic carbocycles. The zero-order chi connectivity index (χ0) is 23.5. The van der Waals surface area contributed by atoms with Crippen LogP contribution >= 0.6 is 0 Å². The van der Waals surface area contributed by atoms with Crippen LogP contribution in [0.15, 0.2) is 47.1 Å². The number of pyridine rings is 1. The molecule has 32 heavy (non-hydrogen) atoms. The first-order chi connectivity index (χ1) is 14.9. The Hall–Kier alpha value is -3.55. The number of nitrogens with zero attached hydrogens (tertiary/aromatic N) is 3. The van der Waals surface area contributed by atoms with Crippen LogP contribution in [0, 0.1) is 5.41 Å². The second-order valence-corrected chi connectivity index (χ2v) is 9.71. The number of carbonyl (C=O) groups is 2. The highest BCUT2D eigenvalue weighted by atomic mass is 16.6. The molecule has 8 nitrogen and oxygen atoms in total. The Bertz CT molecular complexity index is 1110. The first kappa shape index (κ1) is 23.1. The lowest BCUT2D eigenvalue weighted by Gasteiger charge is -2.19. The highest BCUT2D eigenvalue weighted by Gasteiger charge is 2.20. The monoisotopic (exact) mass is 436 g/mol. The summed E-state index contributed by atoms with van der Waals surface area (Å²) in [6.07, 6.45) is 2.13. The van der Waals surface area contributed by atoms with Gasteiger partial charge in [-0.05, 0) is 50.5 Å². The zero-order valence-electron chi connectivity index (χ0n) is 19.2. The summed E-state index contributed by atoms with van der Waals surface area (Å²) < 4.78 is 10.6. The van der Waals surface area contributed by atoms with E-state index in [2.05, 4.69) is 41.2 Å². The van der Waals surface area contributed by atoms with Gasteiger partial charge in [-0.3, -0.25) is 4.79 Å². The minimum Gasteiger partial charge on any atom is -0.455 e. The maximum absolute atomic E-state index is 12.6. The maximum Gasteiger partial charge on any atom is 0.357 e. The van der Waals surface area contributed by atoms with E-state index in [-0.39, 0.29) is 17.0 Å². The number of hydrogen-bond acceptors (Lipinski definition) is 7. The molecular weight excluding hydrogens is 408 g/mol. The van der Waals surface area contributed by atoms with Crippen LogP contribution in [-0.2, 0) is 11.2 Å². The summed E-state index contributed by atoms with van der Waals surface area (Å²) in [4.78, 5) is 33.3. The van der Waals surface area contributed by atoms with E-state index in [1.165, 1.54) is 12.3 Å². The molecule has 0 aliphatic carbocycles. The number of nitrogens with one attached hydrogen (secondary N) is 1. The van der Waals surface area contributed by atoms with E-state index >= 15 is 0 Å². The Morgan fingerprint density at radius 3 is 2.34 bits per heavy atom. The Kier molecular flexibility index (Phi) is 6.43. The fourth-order valence-electron chi connectivity index (χ4n) is 2.82. The summed E-state index contributed by atoms with van der Waals surface area (Å²) in [6, 6.07) is 9.98. The number of ether oxygens (including phenoxy) is 1. The Labute approximate surface area is 187 Å². The lowest BCUT2D eigenvalue weighted by atomic mass is 9.92. The van der Waals surface area contributed by atoms with Crippen molar-refractivity contribution in [3.05, 3.63) is 59.7 Å². The molecule has 8 heteroatoms. The van der Waals surface area contributed by atoms with E-state index in [1.807, 2.05) is 0 Å². The standard InChI is InChI=1S/C24H28N4O4/c1-23(2,3)14-19-27-20(28-32-19)15-7-9-16(10-8-15)21(29)26-17-11-12-25-18(13-17)22(30)31-24(4,5)6/h7-13H,14H2,1-6H3,(H,25,26,29). The highest BCUT2D eigenvalue weighted by molar-refractivity contribution is 6.04. The molecule has 0 bridgehead atoms. The SMILES string of the molecule is CC(C)(C)Cc1nc(-c2ccc(C(=O)Nc3ccnc(C(=O)OC(C)(C)C)c3)cc2)no1. The molecule has 0 unspecified atom stereocenters. The number of amides is 1. The van der Waals surface area contributed by atoms with Gasteiger partial charge in [0.15, 0.2) is 0 Å². The summed E-state index contributed by atoms with van der Waals surface area (Å²) in [5.74, 6) is 0.184. The fraction of sp³-hybridized carbons (Fsp3) is 0.375. The number of rotatable bonds is 5. The van der Waals surface area contributed by atoms with Crippen LogP contribution < -0.4 is 5.32 Å². The number of hydrogen-bond donors (Lipinski definition) is 1. The average Bonchev–Trinajstić information content (AvgIpc) is 3.13. The molecule has 0 spiro atoms. The van der Waals surface area contributed by atoms with E-state index in [4.69, 9.17) is 9.26 Å². The van der Waals surface area contributed by atoms with Gasteiger partial charge in [-0.15, -0.1) is 0 Å². The van der Waals surface area contributed by atoms with Crippen LogP contribution in [0.25, 0.3) is 11.4 Å². The fourth-order valence-corrected chi connectivity index (χ4v) is 2.82. The summed E-state index contributed by atoms with van der Waals surface area (Å²) in [5.41, 5.74) is 1.18. The normalized spacial score (nSPS) is 11.8. The van der Waals surface area contributed by atoms with Crippen LogP contribution in [0.5, 0.6) is 0 Å². The summed E-state index contributed by atoms with van der Waals surface area (Å²) in [6.45, 7) is 11.6. The topological polar surface area (TPSA) is 107 Å². The molecule has 0 fully saturated rings. The van der Waals surface area contributed by atoms with Crippen molar-refractivity contribution in [1.82, 2.24) is 15.1 Å². The van der Waals surface area contributed by atoms with E-state index in [0.717, 1.165) is 5.56 Å². The molecule has 3 aromatic rings. The predicted molar refractivity (Wildman–Crippen MR) is 120 cm³/mol. The molecule has 1 amide bonds. The minimum atomic E-state index is -0.633. The highest BCUT2D eigenvalue weighted by Crippen LogP contribution is 2.23. The number of anilines is 1. The Morgan fingerprint density at radius 2 is 1.72 bits per heavy atom. The third kappa shape index (κ3) is 6.47. The van der Waals surface area contributed by atoms with Crippen molar-refractivity contribution in [2.75, 3.05) is 5.32 Å². The largest absolute Gasteiger partial charge is 0.455 e. The Morgan fingerprint density at radius 1 is 1.03 bits per heavy atom. The second-order valence-electron chi connectivity index (χ2n) is 9.71. The number of aromatic nitrogens is 3. The first-order valence-corrected chi connectivity index (χ1v) is 10.3. The number of esters is 1. The number of benzene rings is 1. The van der Waals surface area contributed by atoms with Gasteiger partial charge in [-0.2, -0.15) is 4.98 Å². The van der Waals surface area contributed by atoms with Gasteiger partial charge in [-0.1, -0.05) is 38.1 Å². The van der Waals surface area contributed by atoms with Gasteiger partial charge in [0.2, 0.25) is 11.7 Å². The third-order valence-electron chi connectivity index (χ3n) is 4.18. The summed E-state index contributed by atoms with van der Waals surface area (Å²) in [5, 5.41) is 6.80. The molecule has 0 atom stereocenters. The van der Waals surface area contributed by atoms with E-state index in [1.54, 1.807) is 51.1 Å². The molecule has 2 heterocycles. The van der Waals surface area contributed by atoms with Crippen molar-refractivity contribution < 1.29 is 18.8 Å². The van der Waals surface area contributed by atoms with E-state index in [9.17, 15) is 9.59 Å². The lowest BCUT2D eigenvalue weighted by molar-refractivity contribution is 0.00627. The predicted octanol–water partition coefficient (Wildman–Crippen LogP) is 4.93.